The lowest BCUT2D eigenvalue weighted by atomic mass is 10.1. The van der Waals surface area contributed by atoms with Crippen molar-refractivity contribution in [2.24, 2.45) is 7.05 Å². The topological polar surface area (TPSA) is 38.0 Å². The van der Waals surface area contributed by atoms with Crippen LogP contribution in [-0.4, -0.2) is 14.9 Å². The SMILES string of the molecule is Cn1ccc(CC(O)c2ccc(Br)cc2Cl)n1. The molecular weight excluding hydrogens is 304 g/mol. The Hall–Kier alpha value is -0.840. The summed E-state index contributed by atoms with van der Waals surface area (Å²) in [6.45, 7) is 0. The number of hydrogen-bond acceptors (Lipinski definition) is 2. The average molecular weight is 316 g/mol. The summed E-state index contributed by atoms with van der Waals surface area (Å²) >= 11 is 9.41. The Labute approximate surface area is 113 Å². The lowest BCUT2D eigenvalue weighted by molar-refractivity contribution is 0.177. The summed E-state index contributed by atoms with van der Waals surface area (Å²) in [4.78, 5) is 0. The van der Waals surface area contributed by atoms with Gasteiger partial charge in [0.05, 0.1) is 11.8 Å². The largest absolute Gasteiger partial charge is 0.388 e. The molecule has 1 aromatic carbocycles. The first-order valence-corrected chi connectivity index (χ1v) is 6.35. The number of aliphatic hydroxyl groups excluding tert-OH is 1. The molecule has 3 nitrogen and oxygen atoms in total. The molecule has 0 radical (unpaired) electrons. The molecule has 17 heavy (non-hydrogen) atoms. The van der Waals surface area contributed by atoms with Crippen molar-refractivity contribution < 1.29 is 5.11 Å². The molecule has 0 aliphatic rings. The van der Waals surface area contributed by atoms with Crippen molar-refractivity contribution in [1.29, 1.82) is 0 Å². The molecular formula is C12H12BrClN2O. The second-order valence-corrected chi connectivity index (χ2v) is 5.19. The minimum Gasteiger partial charge on any atom is -0.388 e. The first kappa shape index (κ1) is 12.6. The molecule has 0 saturated carbocycles. The van der Waals surface area contributed by atoms with E-state index in [9.17, 15) is 5.11 Å². The van der Waals surface area contributed by atoms with E-state index in [1.807, 2.05) is 31.4 Å². The Morgan fingerprint density at radius 1 is 1.47 bits per heavy atom. The number of rotatable bonds is 3. The molecule has 0 amide bonds. The van der Waals surface area contributed by atoms with E-state index in [1.54, 1.807) is 10.7 Å². The zero-order chi connectivity index (χ0) is 12.4. The molecule has 2 rings (SSSR count). The predicted octanol–water partition coefficient (Wildman–Crippen LogP) is 3.11. The molecule has 90 valence electrons. The summed E-state index contributed by atoms with van der Waals surface area (Å²) in [6.07, 6.45) is 1.68. The summed E-state index contributed by atoms with van der Waals surface area (Å²) in [6, 6.07) is 7.34. The van der Waals surface area contributed by atoms with Crippen LogP contribution in [-0.2, 0) is 13.5 Å². The predicted molar refractivity (Wildman–Crippen MR) is 71.0 cm³/mol. The van der Waals surface area contributed by atoms with Crippen LogP contribution in [0.1, 0.15) is 17.4 Å². The van der Waals surface area contributed by atoms with E-state index in [0.29, 0.717) is 11.4 Å². The highest BCUT2D eigenvalue weighted by atomic mass is 79.9. The minimum absolute atomic E-state index is 0.461. The van der Waals surface area contributed by atoms with Gasteiger partial charge in [-0.1, -0.05) is 33.6 Å². The Morgan fingerprint density at radius 3 is 2.82 bits per heavy atom. The number of hydrogen-bond donors (Lipinski definition) is 1. The summed E-state index contributed by atoms with van der Waals surface area (Å²) in [5, 5.41) is 14.9. The molecule has 0 aliphatic carbocycles. The van der Waals surface area contributed by atoms with E-state index in [2.05, 4.69) is 21.0 Å². The zero-order valence-electron chi connectivity index (χ0n) is 9.27. The van der Waals surface area contributed by atoms with Gasteiger partial charge in [-0.2, -0.15) is 5.10 Å². The fourth-order valence-corrected chi connectivity index (χ4v) is 2.45. The Kier molecular flexibility index (Phi) is 3.86. The molecule has 0 saturated heterocycles. The fourth-order valence-electron chi connectivity index (χ4n) is 1.65. The highest BCUT2D eigenvalue weighted by Crippen LogP contribution is 2.28. The first-order chi connectivity index (χ1) is 8.06. The van der Waals surface area contributed by atoms with Crippen molar-refractivity contribution in [3.8, 4) is 0 Å². The maximum absolute atomic E-state index is 10.1. The van der Waals surface area contributed by atoms with Crippen LogP contribution in [0.2, 0.25) is 5.02 Å². The number of halogens is 2. The third-order valence-corrected chi connectivity index (χ3v) is 3.31. The van der Waals surface area contributed by atoms with E-state index in [1.165, 1.54) is 0 Å². The van der Waals surface area contributed by atoms with Crippen LogP contribution >= 0.6 is 27.5 Å². The molecule has 0 bridgehead atoms. The average Bonchev–Trinajstić information content (AvgIpc) is 2.63. The van der Waals surface area contributed by atoms with Crippen LogP contribution in [0.4, 0.5) is 0 Å². The summed E-state index contributed by atoms with van der Waals surface area (Å²) in [5.74, 6) is 0. The molecule has 1 aromatic heterocycles. The number of aryl methyl sites for hydroxylation is 1. The number of aliphatic hydroxyl groups is 1. The highest BCUT2D eigenvalue weighted by molar-refractivity contribution is 9.10. The van der Waals surface area contributed by atoms with Gasteiger partial charge in [0.25, 0.3) is 0 Å². The van der Waals surface area contributed by atoms with Crippen LogP contribution in [0.3, 0.4) is 0 Å². The van der Waals surface area contributed by atoms with E-state index in [4.69, 9.17) is 11.6 Å². The van der Waals surface area contributed by atoms with Gasteiger partial charge in [0.15, 0.2) is 0 Å². The van der Waals surface area contributed by atoms with E-state index in [-0.39, 0.29) is 0 Å². The number of aromatic nitrogens is 2. The maximum atomic E-state index is 10.1. The van der Waals surface area contributed by atoms with Crippen LogP contribution in [0.5, 0.6) is 0 Å². The van der Waals surface area contributed by atoms with Crippen molar-refractivity contribution >= 4 is 27.5 Å². The van der Waals surface area contributed by atoms with Crippen LogP contribution in [0, 0.1) is 0 Å². The van der Waals surface area contributed by atoms with Gasteiger partial charge in [0.2, 0.25) is 0 Å². The van der Waals surface area contributed by atoms with Crippen LogP contribution in [0.25, 0.3) is 0 Å². The van der Waals surface area contributed by atoms with Gasteiger partial charge >= 0.3 is 0 Å². The van der Waals surface area contributed by atoms with Gasteiger partial charge in [-0.25, -0.2) is 0 Å². The molecule has 1 atom stereocenters. The molecule has 1 N–H and O–H groups in total. The van der Waals surface area contributed by atoms with Gasteiger partial charge in [-0.05, 0) is 23.8 Å². The third-order valence-electron chi connectivity index (χ3n) is 2.49. The third kappa shape index (κ3) is 3.09. The van der Waals surface area contributed by atoms with Gasteiger partial charge in [0, 0.05) is 29.2 Å². The van der Waals surface area contributed by atoms with E-state index >= 15 is 0 Å². The fraction of sp³-hybridized carbons (Fsp3) is 0.250. The van der Waals surface area contributed by atoms with E-state index in [0.717, 1.165) is 15.7 Å². The molecule has 5 heteroatoms. The van der Waals surface area contributed by atoms with Crippen molar-refractivity contribution in [3.63, 3.8) is 0 Å². The van der Waals surface area contributed by atoms with Crippen LogP contribution < -0.4 is 0 Å². The molecule has 1 unspecified atom stereocenters. The quantitative estimate of drug-likeness (QED) is 0.945. The Balaban J connectivity index is 2.17. The zero-order valence-corrected chi connectivity index (χ0v) is 11.6. The Morgan fingerprint density at radius 2 is 2.24 bits per heavy atom. The molecule has 0 fully saturated rings. The van der Waals surface area contributed by atoms with Gasteiger partial charge in [-0.15, -0.1) is 0 Å². The summed E-state index contributed by atoms with van der Waals surface area (Å²) in [5.41, 5.74) is 1.57. The first-order valence-electron chi connectivity index (χ1n) is 5.18. The van der Waals surface area contributed by atoms with Crippen LogP contribution in [0.15, 0.2) is 34.9 Å². The van der Waals surface area contributed by atoms with E-state index < -0.39 is 6.10 Å². The van der Waals surface area contributed by atoms with Crippen molar-refractivity contribution in [2.45, 2.75) is 12.5 Å². The molecule has 2 aromatic rings. The second kappa shape index (κ2) is 5.21. The normalized spacial score (nSPS) is 12.7. The summed E-state index contributed by atoms with van der Waals surface area (Å²) in [7, 11) is 1.85. The van der Waals surface area contributed by atoms with Crippen molar-refractivity contribution in [1.82, 2.24) is 9.78 Å². The number of benzene rings is 1. The standard InChI is InChI=1S/C12H12BrClN2O/c1-16-5-4-9(15-16)7-12(17)10-3-2-8(13)6-11(10)14/h2-6,12,17H,7H2,1H3. The number of nitrogens with zero attached hydrogens (tertiary/aromatic N) is 2. The Bertz CT molecular complexity index is 527. The lowest BCUT2D eigenvalue weighted by Gasteiger charge is -2.11. The van der Waals surface area contributed by atoms with Gasteiger partial charge in [-0.3, -0.25) is 4.68 Å². The minimum atomic E-state index is -0.634. The lowest BCUT2D eigenvalue weighted by Crippen LogP contribution is -2.03. The highest BCUT2D eigenvalue weighted by Gasteiger charge is 2.13. The molecule has 1 heterocycles. The van der Waals surface area contributed by atoms with Gasteiger partial charge < -0.3 is 5.11 Å². The monoisotopic (exact) mass is 314 g/mol. The molecule has 0 spiro atoms. The smallest absolute Gasteiger partial charge is 0.0860 e. The van der Waals surface area contributed by atoms with Crippen molar-refractivity contribution in [2.75, 3.05) is 0 Å². The second-order valence-electron chi connectivity index (χ2n) is 3.87. The van der Waals surface area contributed by atoms with Crippen molar-refractivity contribution in [3.05, 3.63) is 51.2 Å². The summed E-state index contributed by atoms with van der Waals surface area (Å²) < 4.78 is 2.61. The van der Waals surface area contributed by atoms with Gasteiger partial charge in [0.1, 0.15) is 0 Å². The molecule has 0 aliphatic heterocycles. The maximum Gasteiger partial charge on any atom is 0.0860 e.